The quantitative estimate of drug-likeness (QED) is 0.0243. The molecular weight excluding hydrogens is 1510 g/mol. The zero-order valence-electron chi connectivity index (χ0n) is 66.3. The van der Waals surface area contributed by atoms with E-state index in [1.54, 1.807) is 56.3 Å². The van der Waals surface area contributed by atoms with E-state index in [1.807, 2.05) is 56.3 Å². The number of aromatic nitrogens is 3. The monoisotopic (exact) mass is 1620 g/mol. The van der Waals surface area contributed by atoms with E-state index in [0.717, 1.165) is 10.8 Å². The molecule has 0 saturated carbocycles. The van der Waals surface area contributed by atoms with Gasteiger partial charge < -0.3 is 91.0 Å². The van der Waals surface area contributed by atoms with Gasteiger partial charge in [-0.2, -0.15) is 0 Å². The summed E-state index contributed by atoms with van der Waals surface area (Å²) in [5.41, 5.74) is 19.3. The van der Waals surface area contributed by atoms with Crippen molar-refractivity contribution in [2.24, 2.45) is 11.7 Å². The van der Waals surface area contributed by atoms with E-state index < -0.39 is 144 Å². The number of halogens is 1. The van der Waals surface area contributed by atoms with Gasteiger partial charge in [0.1, 0.15) is 72.1 Å². The molecule has 10 atom stereocenters. The third-order valence-corrected chi connectivity index (χ3v) is 19.7. The Labute approximate surface area is 679 Å². The molecule has 0 aliphatic carbocycles. The minimum atomic E-state index is -1.86. The molecule has 7 rings (SSSR count). The fraction of sp³-hybridized carbons (Fsp3) is 0.463. The molecule has 0 radical (unpaired) electrons. The highest BCUT2D eigenvalue weighted by atomic mass is 35.5. The summed E-state index contributed by atoms with van der Waals surface area (Å²) in [4.78, 5) is 198. The third kappa shape index (κ3) is 29.6. The van der Waals surface area contributed by atoms with Crippen LogP contribution in [0.5, 0.6) is 0 Å². The van der Waals surface area contributed by atoms with E-state index in [-0.39, 0.29) is 131 Å². The smallest absolute Gasteiger partial charge is 0.255 e. The van der Waals surface area contributed by atoms with Gasteiger partial charge in [0.15, 0.2) is 0 Å². The van der Waals surface area contributed by atoms with Gasteiger partial charge >= 0.3 is 0 Å². The minimum Gasteiger partial charge on any atom is -0.394 e. The van der Waals surface area contributed by atoms with E-state index in [0.29, 0.717) is 47.5 Å². The number of primary amides is 1. The number of aliphatic hydroxyl groups is 1. The van der Waals surface area contributed by atoms with Crippen molar-refractivity contribution in [3.63, 3.8) is 0 Å². The number of nitrogens with zero attached hydrogens (tertiary/aromatic N) is 4. The van der Waals surface area contributed by atoms with Crippen LogP contribution in [-0.2, 0) is 72.0 Å². The molecule has 1 aliphatic rings. The van der Waals surface area contributed by atoms with Gasteiger partial charge in [-0.05, 0) is 166 Å². The molecule has 3 aromatic carbocycles. The van der Waals surface area contributed by atoms with Crippen molar-refractivity contribution in [3.8, 4) is 0 Å². The number of nitrogen functional groups attached to an aromatic ring is 2. The van der Waals surface area contributed by atoms with Crippen LogP contribution in [0.25, 0.3) is 10.8 Å². The van der Waals surface area contributed by atoms with Crippen molar-refractivity contribution in [3.05, 3.63) is 161 Å². The predicted octanol–water partition coefficient (Wildman–Crippen LogP) is 2.16. The molecule has 624 valence electrons. The first-order chi connectivity index (χ1) is 55.5. The number of fused-ring (bicyclic) bond motifs is 1. The summed E-state index contributed by atoms with van der Waals surface area (Å²) in [7, 11) is 0. The van der Waals surface area contributed by atoms with Crippen molar-refractivity contribution in [1.29, 1.82) is 0 Å². The molecule has 34 heteroatoms. The SMILES string of the molecule is CC(=O)N[C@H](Cc1ccc2ccccc2c1)C(=O)N[C@H](Cc1ccc(Cl)cc1)C(=O)N[C@H](Cc1cccnc1)C(=O)N[C@@H](CO)C(=O)N[C@@H](CCCCNC(=O)c1cccnc1N)C(=O)N[C@H](CCCCNC(=O)c1cccnc1N)C(=O)N[C@@H](CC(C)C)C(=O)N[C@@H](CCCCNC(C)C)C(=O)N1CCC[C@H]1C(=O)N[C@H](C)C(N)=O. The Bertz CT molecular complexity index is 4350. The highest BCUT2D eigenvalue weighted by Crippen LogP contribution is 2.23. The fourth-order valence-corrected chi connectivity index (χ4v) is 13.3. The lowest BCUT2D eigenvalue weighted by Crippen LogP contribution is -2.61. The molecule has 116 heavy (non-hydrogen) atoms. The summed E-state index contributed by atoms with van der Waals surface area (Å²) in [6.07, 6.45) is 7.56. The van der Waals surface area contributed by atoms with Crippen LogP contribution in [0, 0.1) is 5.92 Å². The number of hydrogen-bond donors (Lipinski definition) is 16. The maximum absolute atomic E-state index is 15.2. The molecule has 13 amide bonds. The number of unbranched alkanes of at least 4 members (excludes halogenated alkanes) is 3. The number of rotatable bonds is 46. The number of anilines is 2. The summed E-state index contributed by atoms with van der Waals surface area (Å²) < 4.78 is 0. The topological polar surface area (TPSA) is 506 Å². The molecular formula is C82H110ClN19O14. The average molecular weight is 1620 g/mol. The lowest BCUT2D eigenvalue weighted by atomic mass is 9.99. The lowest BCUT2D eigenvalue weighted by molar-refractivity contribution is -0.142. The Morgan fingerprint density at radius 1 is 0.500 bits per heavy atom. The van der Waals surface area contributed by atoms with Crippen molar-refractivity contribution in [2.45, 2.75) is 204 Å². The highest BCUT2D eigenvalue weighted by molar-refractivity contribution is 6.30. The Hall–Kier alpha value is -11.7. The van der Waals surface area contributed by atoms with Crippen LogP contribution in [0.3, 0.4) is 0 Å². The van der Waals surface area contributed by atoms with E-state index in [2.05, 4.69) is 78.8 Å². The number of hydrogen-bond acceptors (Lipinski definition) is 20. The Balaban J connectivity index is 1.16. The number of carbonyl (C=O) groups excluding carboxylic acids is 13. The summed E-state index contributed by atoms with van der Waals surface area (Å²) in [6, 6.07) is 15.4. The van der Waals surface area contributed by atoms with Gasteiger partial charge in [-0.1, -0.05) is 100.0 Å². The van der Waals surface area contributed by atoms with Crippen molar-refractivity contribution >= 4 is 111 Å². The van der Waals surface area contributed by atoms with E-state index >= 15 is 9.59 Å². The van der Waals surface area contributed by atoms with Crippen LogP contribution in [-0.4, -0.2) is 201 Å². The van der Waals surface area contributed by atoms with Gasteiger partial charge in [-0.25, -0.2) is 9.97 Å². The van der Waals surface area contributed by atoms with Crippen LogP contribution in [0.15, 0.2) is 128 Å². The first kappa shape index (κ1) is 91.5. The van der Waals surface area contributed by atoms with E-state index in [1.165, 1.54) is 61.7 Å². The number of amides is 13. The lowest BCUT2D eigenvalue weighted by Gasteiger charge is -2.31. The molecule has 4 heterocycles. The average Bonchev–Trinajstić information content (AvgIpc) is 1.24. The fourth-order valence-electron chi connectivity index (χ4n) is 13.2. The molecule has 1 saturated heterocycles. The number of carbonyl (C=O) groups is 13. The van der Waals surface area contributed by atoms with Crippen molar-refractivity contribution in [2.75, 3.05) is 44.3 Å². The molecule has 6 aromatic rings. The van der Waals surface area contributed by atoms with Gasteiger partial charge in [0.05, 0.1) is 17.7 Å². The highest BCUT2D eigenvalue weighted by Gasteiger charge is 2.40. The maximum atomic E-state index is 15.2. The minimum absolute atomic E-state index is 0.00963. The second-order valence-electron chi connectivity index (χ2n) is 29.6. The number of nitrogens with one attached hydrogen (secondary N) is 12. The molecule has 33 nitrogen and oxygen atoms in total. The number of nitrogens with two attached hydrogens (primary N) is 3. The summed E-state index contributed by atoms with van der Waals surface area (Å²) >= 11 is 6.27. The van der Waals surface area contributed by atoms with Gasteiger partial charge in [0, 0.05) is 81.7 Å². The summed E-state index contributed by atoms with van der Waals surface area (Å²) in [6.45, 7) is 10.0. The Morgan fingerprint density at radius 2 is 0.966 bits per heavy atom. The standard InChI is InChI=1S/C82H110ClN19O14/c1-48(2)41-63(76(110)97-62(26-11-12-35-88-49(3)4)82(116)102-40-18-27-68(102)81(115)93-50(5)71(86)105)98-75(109)61(25-10-14-37-92-73(107)59-23-17-39-90-70(59)85)95-74(108)60(24-9-13-36-91-72(106)58-22-16-38-89-69(58)84)96-80(114)67(47-103)101-79(113)66(45-54-19-15-34-87-46-54)100-78(112)65(43-52-29-32-57(83)33-30-52)99-77(111)64(94-51(6)104)44-53-28-31-55-20-7-8-21-56(55)42-53/h7-8,15-17,19-23,28-34,38-39,42,46,48-50,60-68,88,103H,9-14,18,24-27,35-37,40-41,43-45,47H2,1-6H3,(H2,84,89)(H2,85,90)(H2,86,105)(H,91,106)(H,92,107)(H,93,115)(H,94,104)(H,95,108)(H,96,114)(H,97,110)(H,98,109)(H,99,111)(H,100,112)(H,101,113)/t50-,60+,61-,62+,63+,64-,65-,66-,67+,68+/m1/s1. The molecule has 0 spiro atoms. The first-order valence-electron chi connectivity index (χ1n) is 39.2. The number of aliphatic hydroxyl groups excluding tert-OH is 1. The third-order valence-electron chi connectivity index (χ3n) is 19.4. The summed E-state index contributed by atoms with van der Waals surface area (Å²) in [5, 5.41) is 46.6. The largest absolute Gasteiger partial charge is 0.394 e. The summed E-state index contributed by atoms with van der Waals surface area (Å²) in [5.74, 6) is -10.2. The normalized spacial score (nSPS) is 14.8. The van der Waals surface area contributed by atoms with Gasteiger partial charge in [-0.15, -0.1) is 0 Å². The molecule has 19 N–H and O–H groups in total. The molecule has 0 bridgehead atoms. The van der Waals surface area contributed by atoms with E-state index in [4.69, 9.17) is 28.8 Å². The molecule has 0 unspecified atom stereocenters. The Morgan fingerprint density at radius 3 is 1.49 bits per heavy atom. The van der Waals surface area contributed by atoms with Gasteiger partial charge in [-0.3, -0.25) is 67.3 Å². The van der Waals surface area contributed by atoms with Crippen molar-refractivity contribution < 1.29 is 67.4 Å². The van der Waals surface area contributed by atoms with Crippen LogP contribution in [0.1, 0.15) is 156 Å². The van der Waals surface area contributed by atoms with Crippen LogP contribution in [0.4, 0.5) is 11.6 Å². The second-order valence-corrected chi connectivity index (χ2v) is 30.0. The molecule has 1 aliphatic heterocycles. The zero-order valence-corrected chi connectivity index (χ0v) is 67.1. The molecule has 3 aromatic heterocycles. The second kappa shape index (κ2) is 46.6. The van der Waals surface area contributed by atoms with Crippen LogP contribution in [0.2, 0.25) is 5.02 Å². The van der Waals surface area contributed by atoms with Gasteiger partial charge in [0.2, 0.25) is 65.0 Å². The Kier molecular flexibility index (Phi) is 36.7. The van der Waals surface area contributed by atoms with Gasteiger partial charge in [0.25, 0.3) is 11.8 Å². The first-order valence-corrected chi connectivity index (χ1v) is 39.6. The van der Waals surface area contributed by atoms with Crippen LogP contribution < -0.4 is 81.0 Å². The predicted molar refractivity (Wildman–Crippen MR) is 437 cm³/mol. The van der Waals surface area contributed by atoms with E-state index in [9.17, 15) is 57.8 Å². The van der Waals surface area contributed by atoms with Crippen LogP contribution >= 0.6 is 11.6 Å². The number of benzene rings is 3. The van der Waals surface area contributed by atoms with Crippen molar-refractivity contribution in [1.82, 2.24) is 83.7 Å². The maximum Gasteiger partial charge on any atom is 0.255 e. The number of likely N-dealkylation sites (tertiary alicyclic amines) is 1. The zero-order chi connectivity index (χ0) is 84.4. The number of pyridine rings is 3. The molecule has 1 fully saturated rings.